The summed E-state index contributed by atoms with van der Waals surface area (Å²) >= 11 is 0. The van der Waals surface area contributed by atoms with Crippen LogP contribution in [0.5, 0.6) is 5.75 Å². The summed E-state index contributed by atoms with van der Waals surface area (Å²) in [4.78, 5) is 10.4. The van der Waals surface area contributed by atoms with Gasteiger partial charge in [0.2, 0.25) is 0 Å². The molecule has 2 N–H and O–H groups in total. The predicted octanol–water partition coefficient (Wildman–Crippen LogP) is 1.64. The number of nitrogens with zero attached hydrogens (tertiary/aromatic N) is 1. The second kappa shape index (κ2) is 6.49. The lowest BCUT2D eigenvalue weighted by atomic mass is 10.1. The van der Waals surface area contributed by atoms with Crippen molar-refractivity contribution in [3.8, 4) is 5.75 Å². The molecule has 0 aromatic heterocycles. The van der Waals surface area contributed by atoms with E-state index in [9.17, 15) is 15.2 Å². The number of ether oxygens (including phenoxy) is 1. The van der Waals surface area contributed by atoms with Crippen LogP contribution in [0.1, 0.15) is 19.4 Å². The van der Waals surface area contributed by atoms with E-state index >= 15 is 0 Å². The molecule has 1 aromatic rings. The van der Waals surface area contributed by atoms with Gasteiger partial charge in [-0.15, -0.1) is 0 Å². The third-order valence-electron chi connectivity index (χ3n) is 2.75. The molecule has 0 fully saturated rings. The highest BCUT2D eigenvalue weighted by Crippen LogP contribution is 2.27. The Morgan fingerprint density at radius 1 is 1.53 bits per heavy atom. The van der Waals surface area contributed by atoms with Crippen molar-refractivity contribution in [3.05, 3.63) is 33.9 Å². The lowest BCUT2D eigenvalue weighted by Crippen LogP contribution is -2.42. The number of nitrogens with one attached hydrogen (secondary N) is 1. The van der Waals surface area contributed by atoms with Crippen molar-refractivity contribution in [2.45, 2.75) is 26.4 Å². The second-order valence-electron chi connectivity index (χ2n) is 4.72. The zero-order valence-corrected chi connectivity index (χ0v) is 11.5. The summed E-state index contributed by atoms with van der Waals surface area (Å²) in [5.74, 6) is 0.422. The summed E-state index contributed by atoms with van der Waals surface area (Å²) in [5, 5.41) is 23.9. The van der Waals surface area contributed by atoms with Crippen LogP contribution in [0.15, 0.2) is 18.2 Å². The average Bonchev–Trinajstić information content (AvgIpc) is 2.35. The van der Waals surface area contributed by atoms with Gasteiger partial charge in [-0.05, 0) is 26.5 Å². The van der Waals surface area contributed by atoms with Gasteiger partial charge in [0.25, 0.3) is 5.69 Å². The van der Waals surface area contributed by atoms with Crippen LogP contribution in [-0.4, -0.2) is 35.3 Å². The first-order valence-electron chi connectivity index (χ1n) is 6.17. The van der Waals surface area contributed by atoms with Crippen molar-refractivity contribution in [2.24, 2.45) is 0 Å². The quantitative estimate of drug-likeness (QED) is 0.580. The summed E-state index contributed by atoms with van der Waals surface area (Å²) < 4.78 is 5.50. The normalized spacial score (nSPS) is 13.9. The molecule has 0 aliphatic rings. The molecule has 6 nitrogen and oxygen atoms in total. The highest BCUT2D eigenvalue weighted by molar-refractivity contribution is 5.48. The van der Waals surface area contributed by atoms with Crippen LogP contribution in [0, 0.1) is 17.0 Å². The molecular weight excluding hydrogens is 248 g/mol. The summed E-state index contributed by atoms with van der Waals surface area (Å²) in [5.41, 5.74) is -0.539. The van der Waals surface area contributed by atoms with Gasteiger partial charge in [0.05, 0.1) is 10.5 Å². The van der Waals surface area contributed by atoms with Crippen molar-refractivity contribution in [3.63, 3.8) is 0 Å². The van der Waals surface area contributed by atoms with E-state index in [1.807, 2.05) is 6.92 Å². The number of nitro groups is 1. The van der Waals surface area contributed by atoms with Crippen LogP contribution < -0.4 is 10.1 Å². The fraction of sp³-hybridized carbons (Fsp3) is 0.538. The minimum atomic E-state index is -1.02. The molecule has 0 spiro atoms. The first-order valence-corrected chi connectivity index (χ1v) is 6.17. The Hall–Kier alpha value is -1.66. The molecule has 0 radical (unpaired) electrons. The number of rotatable bonds is 7. The van der Waals surface area contributed by atoms with E-state index in [1.165, 1.54) is 6.07 Å². The molecule has 0 amide bonds. The van der Waals surface area contributed by atoms with Gasteiger partial charge in [-0.1, -0.05) is 13.0 Å². The van der Waals surface area contributed by atoms with Gasteiger partial charge in [0, 0.05) is 12.6 Å². The van der Waals surface area contributed by atoms with Crippen LogP contribution >= 0.6 is 0 Å². The van der Waals surface area contributed by atoms with Gasteiger partial charge in [-0.3, -0.25) is 10.1 Å². The monoisotopic (exact) mass is 268 g/mol. The molecular formula is C13H20N2O4. The van der Waals surface area contributed by atoms with Gasteiger partial charge in [0.15, 0.2) is 0 Å². The molecule has 6 heteroatoms. The number of benzene rings is 1. The van der Waals surface area contributed by atoms with E-state index < -0.39 is 10.5 Å². The van der Waals surface area contributed by atoms with Crippen LogP contribution in [0.4, 0.5) is 5.69 Å². The smallest absolute Gasteiger partial charge is 0.276 e. The highest BCUT2D eigenvalue weighted by atomic mass is 16.6. The lowest BCUT2D eigenvalue weighted by Gasteiger charge is -2.24. The minimum absolute atomic E-state index is 0.0174. The molecule has 0 saturated carbocycles. The van der Waals surface area contributed by atoms with E-state index in [0.29, 0.717) is 17.9 Å². The number of nitro benzene ring substituents is 1. The van der Waals surface area contributed by atoms with Gasteiger partial charge in [0.1, 0.15) is 18.0 Å². The zero-order chi connectivity index (χ0) is 14.5. The third kappa shape index (κ3) is 4.50. The fourth-order valence-electron chi connectivity index (χ4n) is 1.64. The molecule has 1 unspecified atom stereocenters. The minimum Gasteiger partial charge on any atom is -0.490 e. The van der Waals surface area contributed by atoms with Crippen molar-refractivity contribution in [2.75, 3.05) is 19.7 Å². The number of hydrogen-bond donors (Lipinski definition) is 2. The molecule has 106 valence electrons. The Kier molecular flexibility index (Phi) is 5.26. The first-order chi connectivity index (χ1) is 8.87. The largest absolute Gasteiger partial charge is 0.490 e. The SMILES string of the molecule is CCNCC(C)(O)COc1cccc([N+](=O)[O-])c1C. The van der Waals surface area contributed by atoms with Gasteiger partial charge < -0.3 is 15.2 Å². The summed E-state index contributed by atoms with van der Waals surface area (Å²) in [6.45, 7) is 6.46. The molecule has 0 bridgehead atoms. The van der Waals surface area contributed by atoms with E-state index in [-0.39, 0.29) is 12.3 Å². The first kappa shape index (κ1) is 15.4. The Morgan fingerprint density at radius 2 is 2.21 bits per heavy atom. The van der Waals surface area contributed by atoms with Gasteiger partial charge >= 0.3 is 0 Å². The number of likely N-dealkylation sites (N-methyl/N-ethyl adjacent to an activating group) is 1. The fourth-order valence-corrected chi connectivity index (χ4v) is 1.64. The van der Waals surface area contributed by atoms with Gasteiger partial charge in [-0.25, -0.2) is 0 Å². The molecule has 19 heavy (non-hydrogen) atoms. The summed E-state index contributed by atoms with van der Waals surface area (Å²) in [6.07, 6.45) is 0. The number of aliphatic hydroxyl groups is 1. The van der Waals surface area contributed by atoms with Gasteiger partial charge in [-0.2, -0.15) is 0 Å². The number of hydrogen-bond acceptors (Lipinski definition) is 5. The van der Waals surface area contributed by atoms with Crippen molar-refractivity contribution in [1.82, 2.24) is 5.32 Å². The maximum absolute atomic E-state index is 10.8. The predicted molar refractivity (Wildman–Crippen MR) is 72.5 cm³/mol. The van der Waals surface area contributed by atoms with E-state index in [2.05, 4.69) is 5.32 Å². The van der Waals surface area contributed by atoms with E-state index in [4.69, 9.17) is 4.74 Å². The van der Waals surface area contributed by atoms with Crippen LogP contribution in [0.25, 0.3) is 0 Å². The van der Waals surface area contributed by atoms with Crippen LogP contribution in [0.3, 0.4) is 0 Å². The average molecular weight is 268 g/mol. The Balaban J connectivity index is 2.73. The van der Waals surface area contributed by atoms with Crippen molar-refractivity contribution < 1.29 is 14.8 Å². The highest BCUT2D eigenvalue weighted by Gasteiger charge is 2.22. The third-order valence-corrected chi connectivity index (χ3v) is 2.75. The molecule has 0 heterocycles. The molecule has 1 aromatic carbocycles. The van der Waals surface area contributed by atoms with Crippen LogP contribution in [-0.2, 0) is 0 Å². The standard InChI is InChI=1S/C13H20N2O4/c1-4-14-8-13(3,16)9-19-12-7-5-6-11(10(12)2)15(17)18/h5-7,14,16H,4,8-9H2,1-3H3. The van der Waals surface area contributed by atoms with Crippen molar-refractivity contribution >= 4 is 5.69 Å². The van der Waals surface area contributed by atoms with E-state index in [1.54, 1.807) is 26.0 Å². The maximum Gasteiger partial charge on any atom is 0.276 e. The molecule has 0 saturated heterocycles. The Bertz CT molecular complexity index is 446. The molecule has 1 atom stereocenters. The van der Waals surface area contributed by atoms with Crippen LogP contribution in [0.2, 0.25) is 0 Å². The molecule has 0 aliphatic heterocycles. The zero-order valence-electron chi connectivity index (χ0n) is 11.5. The second-order valence-corrected chi connectivity index (χ2v) is 4.72. The Morgan fingerprint density at radius 3 is 2.79 bits per heavy atom. The summed E-state index contributed by atoms with van der Waals surface area (Å²) in [7, 11) is 0. The lowest BCUT2D eigenvalue weighted by molar-refractivity contribution is -0.385. The Labute approximate surface area is 112 Å². The molecule has 1 rings (SSSR count). The van der Waals surface area contributed by atoms with Crippen molar-refractivity contribution in [1.29, 1.82) is 0 Å². The molecule has 0 aliphatic carbocycles. The topological polar surface area (TPSA) is 84.6 Å². The summed E-state index contributed by atoms with van der Waals surface area (Å²) in [6, 6.07) is 4.66. The van der Waals surface area contributed by atoms with E-state index in [0.717, 1.165) is 6.54 Å². The maximum atomic E-state index is 10.8.